The van der Waals surface area contributed by atoms with Crippen LogP contribution in [0.2, 0.25) is 0 Å². The van der Waals surface area contributed by atoms with Crippen LogP contribution >= 0.6 is 0 Å². The van der Waals surface area contributed by atoms with Gasteiger partial charge in [0.1, 0.15) is 5.82 Å². The molecule has 4 heteroatoms. The summed E-state index contributed by atoms with van der Waals surface area (Å²) in [4.78, 5) is 6.55. The van der Waals surface area contributed by atoms with E-state index in [2.05, 4.69) is 4.98 Å². The van der Waals surface area contributed by atoms with Gasteiger partial charge in [0.05, 0.1) is 11.0 Å². The van der Waals surface area contributed by atoms with E-state index >= 15 is 0 Å². The molecule has 0 amide bonds. The van der Waals surface area contributed by atoms with Crippen molar-refractivity contribution in [3.05, 3.63) is 54.3 Å². The lowest BCUT2D eigenvalue weighted by Crippen LogP contribution is -2.14. The third-order valence-corrected chi connectivity index (χ3v) is 3.28. The molecule has 0 unspecified atom stereocenters. The van der Waals surface area contributed by atoms with Gasteiger partial charge in [-0.25, -0.2) is 9.37 Å². The molecule has 3 aromatic rings. The molecule has 0 aliphatic heterocycles. The average Bonchev–Trinajstić information content (AvgIpc) is 2.77. The van der Waals surface area contributed by atoms with Crippen molar-refractivity contribution in [2.75, 3.05) is 11.9 Å². The minimum absolute atomic E-state index is 0.234. The van der Waals surface area contributed by atoms with Crippen molar-refractivity contribution >= 4 is 22.7 Å². The second-order valence-corrected chi connectivity index (χ2v) is 4.49. The molecule has 0 spiro atoms. The number of aromatic nitrogens is 2. The number of fused-ring (bicyclic) bond motifs is 1. The number of hydrogen-bond acceptors (Lipinski definition) is 2. The Kier molecular flexibility index (Phi) is 2.71. The fraction of sp³-hybridized carbons (Fsp3) is 0.133. The molecule has 96 valence electrons. The van der Waals surface area contributed by atoms with Crippen LogP contribution in [-0.4, -0.2) is 16.6 Å². The molecule has 0 atom stereocenters. The van der Waals surface area contributed by atoms with Gasteiger partial charge in [-0.2, -0.15) is 0 Å². The lowest BCUT2D eigenvalue weighted by Gasteiger charge is -2.18. The molecule has 19 heavy (non-hydrogen) atoms. The third-order valence-electron chi connectivity index (χ3n) is 3.28. The van der Waals surface area contributed by atoms with Crippen molar-refractivity contribution in [2.24, 2.45) is 7.05 Å². The quantitative estimate of drug-likeness (QED) is 0.699. The predicted octanol–water partition coefficient (Wildman–Crippen LogP) is 3.48. The number of nitrogens with zero attached hydrogens (tertiary/aromatic N) is 3. The summed E-state index contributed by atoms with van der Waals surface area (Å²) in [5, 5.41) is 0. The predicted molar refractivity (Wildman–Crippen MR) is 75.2 cm³/mol. The van der Waals surface area contributed by atoms with Gasteiger partial charge in [-0.1, -0.05) is 12.1 Å². The lowest BCUT2D eigenvalue weighted by molar-refractivity contribution is 0.628. The summed E-state index contributed by atoms with van der Waals surface area (Å²) in [5.41, 5.74) is 2.93. The van der Waals surface area contributed by atoms with Crippen LogP contribution in [-0.2, 0) is 7.05 Å². The van der Waals surface area contributed by atoms with Crippen molar-refractivity contribution in [2.45, 2.75) is 0 Å². The van der Waals surface area contributed by atoms with E-state index in [1.165, 1.54) is 12.1 Å². The standard InChI is InChI=1S/C15H14FN3/c1-18(12-9-7-11(16)8-10-12)15-17-13-5-3-4-6-14(13)19(15)2/h3-10H,1-2H3. The summed E-state index contributed by atoms with van der Waals surface area (Å²) < 4.78 is 15.0. The van der Waals surface area contributed by atoms with Crippen LogP contribution in [0.1, 0.15) is 0 Å². The van der Waals surface area contributed by atoms with Gasteiger partial charge in [-0.15, -0.1) is 0 Å². The van der Waals surface area contributed by atoms with Gasteiger partial charge in [0.2, 0.25) is 5.95 Å². The zero-order valence-corrected chi connectivity index (χ0v) is 10.8. The highest BCUT2D eigenvalue weighted by Crippen LogP contribution is 2.26. The Morgan fingerprint density at radius 3 is 2.42 bits per heavy atom. The van der Waals surface area contributed by atoms with Crippen LogP contribution in [0.5, 0.6) is 0 Å². The SMILES string of the molecule is CN(c1ccc(F)cc1)c1nc2ccccc2n1C. The summed E-state index contributed by atoms with van der Waals surface area (Å²) >= 11 is 0. The van der Waals surface area contributed by atoms with Crippen LogP contribution in [0.4, 0.5) is 16.0 Å². The van der Waals surface area contributed by atoms with Crippen molar-refractivity contribution in [3.63, 3.8) is 0 Å². The molecule has 3 nitrogen and oxygen atoms in total. The second-order valence-electron chi connectivity index (χ2n) is 4.49. The molecule has 0 radical (unpaired) electrons. The number of anilines is 2. The number of imidazole rings is 1. The van der Waals surface area contributed by atoms with E-state index in [0.717, 1.165) is 22.7 Å². The summed E-state index contributed by atoms with van der Waals surface area (Å²) in [7, 11) is 3.90. The van der Waals surface area contributed by atoms with E-state index in [4.69, 9.17) is 0 Å². The Balaban J connectivity index is 2.08. The summed E-state index contributed by atoms with van der Waals surface area (Å²) in [5.74, 6) is 0.593. The zero-order chi connectivity index (χ0) is 13.4. The highest BCUT2D eigenvalue weighted by molar-refractivity contribution is 5.79. The molecule has 0 aliphatic rings. The first-order chi connectivity index (χ1) is 9.16. The summed E-state index contributed by atoms with van der Waals surface area (Å²) in [6.07, 6.45) is 0. The molecule has 0 aliphatic carbocycles. The average molecular weight is 255 g/mol. The van der Waals surface area contributed by atoms with Gasteiger partial charge in [-0.3, -0.25) is 0 Å². The fourth-order valence-corrected chi connectivity index (χ4v) is 2.21. The van der Waals surface area contributed by atoms with Crippen LogP contribution in [0, 0.1) is 5.82 Å². The maximum absolute atomic E-state index is 13.0. The van der Waals surface area contributed by atoms with Gasteiger partial charge in [0.15, 0.2) is 0 Å². The van der Waals surface area contributed by atoms with Crippen LogP contribution < -0.4 is 4.90 Å². The third kappa shape index (κ3) is 1.95. The van der Waals surface area contributed by atoms with E-state index in [9.17, 15) is 4.39 Å². The Hall–Kier alpha value is -2.36. The minimum Gasteiger partial charge on any atom is -0.315 e. The molecule has 0 saturated heterocycles. The Labute approximate surface area is 110 Å². The number of aryl methyl sites for hydroxylation is 1. The molecule has 1 heterocycles. The molecule has 1 aromatic heterocycles. The minimum atomic E-state index is -0.234. The smallest absolute Gasteiger partial charge is 0.210 e. The van der Waals surface area contributed by atoms with Crippen molar-refractivity contribution in [1.29, 1.82) is 0 Å². The number of hydrogen-bond donors (Lipinski definition) is 0. The number of para-hydroxylation sites is 2. The number of halogens is 1. The van der Waals surface area contributed by atoms with Gasteiger partial charge in [-0.05, 0) is 36.4 Å². The van der Waals surface area contributed by atoms with Crippen LogP contribution in [0.3, 0.4) is 0 Å². The maximum atomic E-state index is 13.0. The molecule has 0 saturated carbocycles. The zero-order valence-electron chi connectivity index (χ0n) is 10.8. The summed E-state index contributed by atoms with van der Waals surface area (Å²) in [6.45, 7) is 0. The van der Waals surface area contributed by atoms with Gasteiger partial charge in [0, 0.05) is 19.8 Å². The Morgan fingerprint density at radius 2 is 1.74 bits per heavy atom. The molecule has 3 rings (SSSR count). The monoisotopic (exact) mass is 255 g/mol. The highest BCUT2D eigenvalue weighted by atomic mass is 19.1. The largest absolute Gasteiger partial charge is 0.315 e. The second kappa shape index (κ2) is 4.39. The Morgan fingerprint density at radius 1 is 1.05 bits per heavy atom. The first-order valence-electron chi connectivity index (χ1n) is 6.07. The topological polar surface area (TPSA) is 21.1 Å². The molecular weight excluding hydrogens is 241 g/mol. The number of rotatable bonds is 2. The normalized spacial score (nSPS) is 10.9. The number of benzene rings is 2. The van der Waals surface area contributed by atoms with E-state index in [1.54, 1.807) is 12.1 Å². The molecule has 0 bridgehead atoms. The van der Waals surface area contributed by atoms with Crippen molar-refractivity contribution in [3.8, 4) is 0 Å². The van der Waals surface area contributed by atoms with E-state index in [0.29, 0.717) is 0 Å². The Bertz CT molecular complexity index is 716. The fourth-order valence-electron chi connectivity index (χ4n) is 2.21. The lowest BCUT2D eigenvalue weighted by atomic mass is 10.3. The molecule has 0 N–H and O–H groups in total. The molecule has 0 fully saturated rings. The maximum Gasteiger partial charge on any atom is 0.210 e. The van der Waals surface area contributed by atoms with Gasteiger partial charge < -0.3 is 9.47 Å². The van der Waals surface area contributed by atoms with Gasteiger partial charge >= 0.3 is 0 Å². The first kappa shape index (κ1) is 11.7. The van der Waals surface area contributed by atoms with E-state index in [1.807, 2.05) is 47.8 Å². The van der Waals surface area contributed by atoms with Crippen molar-refractivity contribution < 1.29 is 4.39 Å². The van der Waals surface area contributed by atoms with Crippen molar-refractivity contribution in [1.82, 2.24) is 9.55 Å². The van der Waals surface area contributed by atoms with Gasteiger partial charge in [0.25, 0.3) is 0 Å². The molecular formula is C15H14FN3. The highest BCUT2D eigenvalue weighted by Gasteiger charge is 2.12. The molecule has 2 aromatic carbocycles. The summed E-state index contributed by atoms with van der Waals surface area (Å²) in [6, 6.07) is 14.4. The van der Waals surface area contributed by atoms with Crippen LogP contribution in [0.25, 0.3) is 11.0 Å². The first-order valence-corrected chi connectivity index (χ1v) is 6.07. The van der Waals surface area contributed by atoms with E-state index in [-0.39, 0.29) is 5.82 Å². The van der Waals surface area contributed by atoms with Crippen LogP contribution in [0.15, 0.2) is 48.5 Å². The van der Waals surface area contributed by atoms with E-state index < -0.39 is 0 Å².